The van der Waals surface area contributed by atoms with Gasteiger partial charge in [0.15, 0.2) is 6.29 Å². The molecule has 1 rings (SSSR count). The predicted molar refractivity (Wildman–Crippen MR) is 59.2 cm³/mol. The van der Waals surface area contributed by atoms with Gasteiger partial charge in [0.1, 0.15) is 0 Å². The van der Waals surface area contributed by atoms with E-state index < -0.39 is 10.9 Å². The molecule has 0 radical (unpaired) electrons. The van der Waals surface area contributed by atoms with Crippen molar-refractivity contribution in [3.63, 3.8) is 0 Å². The van der Waals surface area contributed by atoms with Crippen molar-refractivity contribution in [2.45, 2.75) is 13.8 Å². The van der Waals surface area contributed by atoms with Crippen molar-refractivity contribution in [1.29, 1.82) is 0 Å². The van der Waals surface area contributed by atoms with Crippen molar-refractivity contribution < 1.29 is 19.2 Å². The Morgan fingerprint density at radius 1 is 1.53 bits per heavy atom. The van der Waals surface area contributed by atoms with Gasteiger partial charge in [-0.2, -0.15) is 0 Å². The zero-order valence-electron chi connectivity index (χ0n) is 9.43. The number of aldehydes is 1. The first kappa shape index (κ1) is 12.8. The minimum atomic E-state index is -0.651. The van der Waals surface area contributed by atoms with Gasteiger partial charge in [0.2, 0.25) is 0 Å². The van der Waals surface area contributed by atoms with Crippen molar-refractivity contribution in [3.8, 4) is 0 Å². The van der Waals surface area contributed by atoms with Crippen LogP contribution in [0.15, 0.2) is 12.1 Å². The fourth-order valence-corrected chi connectivity index (χ4v) is 1.48. The van der Waals surface area contributed by atoms with Gasteiger partial charge in [0.05, 0.1) is 17.1 Å². The third-order valence-corrected chi connectivity index (χ3v) is 2.17. The van der Waals surface area contributed by atoms with Gasteiger partial charge in [-0.25, -0.2) is 4.79 Å². The topological polar surface area (TPSA) is 86.5 Å². The zero-order valence-corrected chi connectivity index (χ0v) is 9.43. The van der Waals surface area contributed by atoms with Gasteiger partial charge < -0.3 is 4.74 Å². The Kier molecular flexibility index (Phi) is 3.92. The maximum atomic E-state index is 11.6. The predicted octanol–water partition coefficient (Wildman–Crippen LogP) is 1.89. The summed E-state index contributed by atoms with van der Waals surface area (Å²) in [5.74, 6) is -0.651. The van der Waals surface area contributed by atoms with E-state index in [-0.39, 0.29) is 23.4 Å². The molecule has 0 fully saturated rings. The number of benzene rings is 1. The number of carbonyl (C=O) groups is 2. The minimum Gasteiger partial charge on any atom is -0.462 e. The van der Waals surface area contributed by atoms with Crippen LogP contribution in [0.5, 0.6) is 0 Å². The summed E-state index contributed by atoms with van der Waals surface area (Å²) in [5, 5.41) is 10.6. The molecule has 1 aromatic rings. The van der Waals surface area contributed by atoms with Crippen LogP contribution >= 0.6 is 0 Å². The molecule has 0 aliphatic carbocycles. The number of nitro groups is 1. The first-order chi connectivity index (χ1) is 8.01. The lowest BCUT2D eigenvalue weighted by Gasteiger charge is -2.07. The van der Waals surface area contributed by atoms with E-state index in [1.807, 2.05) is 0 Å². The molecule has 0 unspecified atom stereocenters. The quantitative estimate of drug-likeness (QED) is 0.345. The molecular formula is C11H11NO5. The van der Waals surface area contributed by atoms with Crippen LogP contribution in [0, 0.1) is 17.0 Å². The van der Waals surface area contributed by atoms with Crippen LogP contribution < -0.4 is 0 Å². The summed E-state index contributed by atoms with van der Waals surface area (Å²) in [5.41, 5.74) is 0.167. The summed E-state index contributed by atoms with van der Waals surface area (Å²) >= 11 is 0. The average molecular weight is 237 g/mol. The Morgan fingerprint density at radius 2 is 2.18 bits per heavy atom. The number of rotatable bonds is 4. The van der Waals surface area contributed by atoms with Crippen molar-refractivity contribution in [3.05, 3.63) is 38.9 Å². The fourth-order valence-electron chi connectivity index (χ4n) is 1.48. The van der Waals surface area contributed by atoms with Crippen molar-refractivity contribution in [2.24, 2.45) is 0 Å². The largest absolute Gasteiger partial charge is 0.462 e. The van der Waals surface area contributed by atoms with E-state index in [4.69, 9.17) is 4.74 Å². The van der Waals surface area contributed by atoms with Gasteiger partial charge in [-0.3, -0.25) is 14.9 Å². The Bertz CT molecular complexity index is 481. The minimum absolute atomic E-state index is 0.0323. The maximum Gasteiger partial charge on any atom is 0.339 e. The third kappa shape index (κ3) is 2.66. The molecule has 0 heterocycles. The summed E-state index contributed by atoms with van der Waals surface area (Å²) < 4.78 is 4.78. The van der Waals surface area contributed by atoms with E-state index in [2.05, 4.69) is 0 Å². The van der Waals surface area contributed by atoms with Crippen LogP contribution in [0.25, 0.3) is 0 Å². The molecule has 6 heteroatoms. The standard InChI is InChI=1S/C11H11NO5/c1-3-17-11(14)10-7(2)4-9(12(15)16)5-8(10)6-13/h4-6H,3H2,1-2H3. The van der Waals surface area contributed by atoms with Crippen LogP contribution in [0.2, 0.25) is 0 Å². The monoisotopic (exact) mass is 237 g/mol. The second-order valence-electron chi connectivity index (χ2n) is 3.32. The molecule has 0 saturated carbocycles. The number of aryl methyl sites for hydroxylation is 1. The van der Waals surface area contributed by atoms with Crippen molar-refractivity contribution in [2.75, 3.05) is 6.61 Å². The SMILES string of the molecule is CCOC(=O)c1c(C)cc([N+](=O)[O-])cc1C=O. The van der Waals surface area contributed by atoms with Gasteiger partial charge in [-0.1, -0.05) is 0 Å². The second kappa shape index (κ2) is 5.20. The van der Waals surface area contributed by atoms with E-state index in [0.29, 0.717) is 11.8 Å². The van der Waals surface area contributed by atoms with Gasteiger partial charge in [-0.15, -0.1) is 0 Å². The van der Waals surface area contributed by atoms with Gasteiger partial charge in [0.25, 0.3) is 5.69 Å². The van der Waals surface area contributed by atoms with Crippen LogP contribution in [0.4, 0.5) is 5.69 Å². The van der Waals surface area contributed by atoms with Crippen LogP contribution in [-0.2, 0) is 4.74 Å². The number of ether oxygens (including phenoxy) is 1. The Balaban J connectivity index is 3.35. The van der Waals surface area contributed by atoms with Gasteiger partial charge >= 0.3 is 5.97 Å². The highest BCUT2D eigenvalue weighted by molar-refractivity contribution is 6.00. The van der Waals surface area contributed by atoms with E-state index in [9.17, 15) is 19.7 Å². The van der Waals surface area contributed by atoms with Crippen LogP contribution in [0.1, 0.15) is 33.2 Å². The molecule has 6 nitrogen and oxygen atoms in total. The molecule has 0 aliphatic heterocycles. The third-order valence-electron chi connectivity index (χ3n) is 2.17. The molecule has 1 aromatic carbocycles. The summed E-state index contributed by atoms with van der Waals surface area (Å²) in [4.78, 5) is 32.4. The molecule has 0 saturated heterocycles. The molecule has 0 aromatic heterocycles. The molecule has 0 aliphatic rings. The number of esters is 1. The zero-order chi connectivity index (χ0) is 13.0. The second-order valence-corrected chi connectivity index (χ2v) is 3.32. The molecule has 17 heavy (non-hydrogen) atoms. The summed E-state index contributed by atoms with van der Waals surface area (Å²) in [7, 11) is 0. The van der Waals surface area contributed by atoms with Crippen molar-refractivity contribution >= 4 is 17.9 Å². The van der Waals surface area contributed by atoms with Gasteiger partial charge in [-0.05, 0) is 19.4 Å². The van der Waals surface area contributed by atoms with Crippen LogP contribution in [0.3, 0.4) is 0 Å². The number of hydrogen-bond donors (Lipinski definition) is 0. The highest BCUT2D eigenvalue weighted by atomic mass is 16.6. The number of non-ortho nitro benzene ring substituents is 1. The average Bonchev–Trinajstić information content (AvgIpc) is 2.27. The molecule has 90 valence electrons. The van der Waals surface area contributed by atoms with E-state index in [0.717, 1.165) is 6.07 Å². The highest BCUT2D eigenvalue weighted by Gasteiger charge is 2.19. The number of hydrogen-bond acceptors (Lipinski definition) is 5. The van der Waals surface area contributed by atoms with Crippen LogP contribution in [-0.4, -0.2) is 23.8 Å². The van der Waals surface area contributed by atoms with Crippen molar-refractivity contribution in [1.82, 2.24) is 0 Å². The summed E-state index contributed by atoms with van der Waals surface area (Å²) in [6.07, 6.45) is 0.409. The number of nitrogens with zero attached hydrogens (tertiary/aromatic N) is 1. The molecule has 0 spiro atoms. The molecule has 0 amide bonds. The Hall–Kier alpha value is -2.24. The molecule has 0 N–H and O–H groups in total. The lowest BCUT2D eigenvalue weighted by molar-refractivity contribution is -0.384. The maximum absolute atomic E-state index is 11.6. The summed E-state index contributed by atoms with van der Waals surface area (Å²) in [6.45, 7) is 3.33. The Morgan fingerprint density at radius 3 is 2.65 bits per heavy atom. The van der Waals surface area contributed by atoms with Gasteiger partial charge in [0, 0.05) is 17.7 Å². The highest BCUT2D eigenvalue weighted by Crippen LogP contribution is 2.22. The van der Waals surface area contributed by atoms with E-state index >= 15 is 0 Å². The fraction of sp³-hybridized carbons (Fsp3) is 0.273. The summed E-state index contributed by atoms with van der Waals surface area (Å²) in [6, 6.07) is 2.30. The number of nitro benzene ring substituents is 1. The van der Waals surface area contributed by atoms with E-state index in [1.54, 1.807) is 6.92 Å². The first-order valence-electron chi connectivity index (χ1n) is 4.92. The molecule has 0 atom stereocenters. The lowest BCUT2D eigenvalue weighted by Crippen LogP contribution is -2.10. The Labute approximate surface area is 97.3 Å². The lowest BCUT2D eigenvalue weighted by atomic mass is 10.0. The smallest absolute Gasteiger partial charge is 0.339 e. The molecular weight excluding hydrogens is 226 g/mol. The number of carbonyl (C=O) groups excluding carboxylic acids is 2. The first-order valence-corrected chi connectivity index (χ1v) is 4.92. The molecule has 0 bridgehead atoms. The van der Waals surface area contributed by atoms with E-state index in [1.165, 1.54) is 13.0 Å². The normalized spacial score (nSPS) is 9.76.